The summed E-state index contributed by atoms with van der Waals surface area (Å²) in [5.41, 5.74) is 8.13. The number of rotatable bonds is 5. The molecule has 1 aromatic rings. The number of nitrogen functional groups attached to an aromatic ring is 1. The highest BCUT2D eigenvalue weighted by molar-refractivity contribution is 5.95. The number of carbonyl (C=O) groups excluding carboxylic acids is 1. The minimum atomic E-state index is -0.116. The smallest absolute Gasteiger partial charge is 0.251 e. The van der Waals surface area contributed by atoms with Gasteiger partial charge < -0.3 is 21.3 Å². The van der Waals surface area contributed by atoms with Gasteiger partial charge in [-0.05, 0) is 51.1 Å². The quantitative estimate of drug-likeness (QED) is 0.725. The minimum Gasteiger partial charge on any atom is -0.397 e. The van der Waals surface area contributed by atoms with Gasteiger partial charge >= 0.3 is 0 Å². The van der Waals surface area contributed by atoms with Gasteiger partial charge in [-0.25, -0.2) is 0 Å². The molecule has 1 heterocycles. The van der Waals surface area contributed by atoms with Crippen LogP contribution in [0.2, 0.25) is 0 Å². The Morgan fingerprint density at radius 2 is 2.05 bits per heavy atom. The van der Waals surface area contributed by atoms with Gasteiger partial charge in [0.05, 0.1) is 11.4 Å². The molecule has 1 saturated heterocycles. The first-order valence-corrected chi connectivity index (χ1v) is 7.70. The van der Waals surface area contributed by atoms with Gasteiger partial charge in [0.1, 0.15) is 0 Å². The molecule has 5 heteroatoms. The van der Waals surface area contributed by atoms with Crippen LogP contribution in [0, 0.1) is 0 Å². The van der Waals surface area contributed by atoms with Crippen LogP contribution in [0.5, 0.6) is 0 Å². The molecular formula is C16H26N4O. The van der Waals surface area contributed by atoms with Gasteiger partial charge in [0.2, 0.25) is 0 Å². The van der Waals surface area contributed by atoms with Crippen molar-refractivity contribution in [2.24, 2.45) is 0 Å². The zero-order chi connectivity index (χ0) is 15.2. The summed E-state index contributed by atoms with van der Waals surface area (Å²) >= 11 is 0. The lowest BCUT2D eigenvalue weighted by atomic mass is 10.1. The SMILES string of the molecule is CNC(=O)c1ccc(NC(C)CN2CCCCC2)c(N)c1. The fourth-order valence-corrected chi connectivity index (χ4v) is 2.82. The molecule has 116 valence electrons. The fraction of sp³-hybridized carbons (Fsp3) is 0.562. The molecule has 1 amide bonds. The molecule has 1 fully saturated rings. The third-order valence-electron chi connectivity index (χ3n) is 3.92. The number of hydrogen-bond donors (Lipinski definition) is 3. The number of nitrogens with two attached hydrogens (primary N) is 1. The number of anilines is 2. The lowest BCUT2D eigenvalue weighted by molar-refractivity contribution is 0.0963. The number of carbonyl (C=O) groups is 1. The van der Waals surface area contributed by atoms with Crippen molar-refractivity contribution < 1.29 is 4.79 Å². The number of nitrogens with zero attached hydrogens (tertiary/aromatic N) is 1. The summed E-state index contributed by atoms with van der Waals surface area (Å²) in [7, 11) is 1.62. The molecule has 4 N–H and O–H groups in total. The molecule has 0 bridgehead atoms. The topological polar surface area (TPSA) is 70.4 Å². The first-order chi connectivity index (χ1) is 10.1. The van der Waals surface area contributed by atoms with Crippen LogP contribution in [0.4, 0.5) is 11.4 Å². The summed E-state index contributed by atoms with van der Waals surface area (Å²) in [4.78, 5) is 14.1. The molecule has 1 aliphatic rings. The van der Waals surface area contributed by atoms with E-state index < -0.39 is 0 Å². The number of benzene rings is 1. The van der Waals surface area contributed by atoms with Gasteiger partial charge in [-0.3, -0.25) is 4.79 Å². The van der Waals surface area contributed by atoms with Crippen LogP contribution in [0.1, 0.15) is 36.5 Å². The lowest BCUT2D eigenvalue weighted by Gasteiger charge is -2.30. The van der Waals surface area contributed by atoms with Crippen LogP contribution < -0.4 is 16.4 Å². The van der Waals surface area contributed by atoms with Gasteiger partial charge in [0, 0.05) is 25.2 Å². The standard InChI is InChI=1S/C16H26N4O/c1-12(11-20-8-4-3-5-9-20)19-15-7-6-13(10-14(15)17)16(21)18-2/h6-7,10,12,19H,3-5,8-9,11,17H2,1-2H3,(H,18,21). The maximum absolute atomic E-state index is 11.6. The summed E-state index contributed by atoms with van der Waals surface area (Å²) < 4.78 is 0. The summed E-state index contributed by atoms with van der Waals surface area (Å²) in [6, 6.07) is 5.73. The van der Waals surface area contributed by atoms with Crippen molar-refractivity contribution >= 4 is 17.3 Å². The van der Waals surface area contributed by atoms with Gasteiger partial charge in [0.25, 0.3) is 5.91 Å². The van der Waals surface area contributed by atoms with Gasteiger partial charge in [-0.1, -0.05) is 6.42 Å². The van der Waals surface area contributed by atoms with E-state index in [4.69, 9.17) is 5.73 Å². The van der Waals surface area contributed by atoms with E-state index in [1.807, 2.05) is 6.07 Å². The van der Waals surface area contributed by atoms with E-state index in [1.165, 1.54) is 32.4 Å². The van der Waals surface area contributed by atoms with E-state index >= 15 is 0 Å². The average Bonchev–Trinajstić information content (AvgIpc) is 2.49. The molecule has 1 unspecified atom stereocenters. The number of amides is 1. The fourth-order valence-electron chi connectivity index (χ4n) is 2.82. The zero-order valence-corrected chi connectivity index (χ0v) is 13.0. The second-order valence-electron chi connectivity index (χ2n) is 5.79. The van der Waals surface area contributed by atoms with Crippen molar-refractivity contribution in [3.05, 3.63) is 23.8 Å². The third kappa shape index (κ3) is 4.36. The Hall–Kier alpha value is -1.75. The third-order valence-corrected chi connectivity index (χ3v) is 3.92. The maximum atomic E-state index is 11.6. The van der Waals surface area contributed by atoms with Crippen molar-refractivity contribution in [2.45, 2.75) is 32.2 Å². The highest BCUT2D eigenvalue weighted by Crippen LogP contribution is 2.21. The monoisotopic (exact) mass is 290 g/mol. The minimum absolute atomic E-state index is 0.116. The Morgan fingerprint density at radius 1 is 1.33 bits per heavy atom. The Kier molecular flexibility index (Phi) is 5.44. The van der Waals surface area contributed by atoms with E-state index in [1.54, 1.807) is 19.2 Å². The van der Waals surface area contributed by atoms with E-state index in [-0.39, 0.29) is 5.91 Å². The second kappa shape index (κ2) is 7.31. The molecule has 1 aliphatic heterocycles. The molecule has 2 rings (SSSR count). The van der Waals surface area contributed by atoms with Gasteiger partial charge in [0.15, 0.2) is 0 Å². The molecule has 21 heavy (non-hydrogen) atoms. The average molecular weight is 290 g/mol. The van der Waals surface area contributed by atoms with Crippen LogP contribution >= 0.6 is 0 Å². The highest BCUT2D eigenvalue weighted by Gasteiger charge is 2.14. The molecule has 0 radical (unpaired) electrons. The van der Waals surface area contributed by atoms with Crippen LogP contribution in [-0.4, -0.2) is 43.5 Å². The first-order valence-electron chi connectivity index (χ1n) is 7.70. The summed E-state index contributed by atoms with van der Waals surface area (Å²) in [6.07, 6.45) is 3.96. The summed E-state index contributed by atoms with van der Waals surface area (Å²) in [5.74, 6) is -0.116. The molecule has 1 aromatic carbocycles. The number of hydrogen-bond acceptors (Lipinski definition) is 4. The highest BCUT2D eigenvalue weighted by atomic mass is 16.1. The Balaban J connectivity index is 1.93. The predicted octanol–water partition coefficient (Wildman–Crippen LogP) is 1.91. The van der Waals surface area contributed by atoms with Crippen molar-refractivity contribution in [2.75, 3.05) is 37.7 Å². The molecule has 0 aliphatic carbocycles. The Morgan fingerprint density at radius 3 is 2.67 bits per heavy atom. The zero-order valence-electron chi connectivity index (χ0n) is 13.0. The van der Waals surface area contributed by atoms with Crippen LogP contribution in [0.25, 0.3) is 0 Å². The number of nitrogens with one attached hydrogen (secondary N) is 2. The molecule has 0 aromatic heterocycles. The number of likely N-dealkylation sites (tertiary alicyclic amines) is 1. The van der Waals surface area contributed by atoms with Crippen molar-refractivity contribution in [1.29, 1.82) is 0 Å². The largest absolute Gasteiger partial charge is 0.397 e. The molecule has 5 nitrogen and oxygen atoms in total. The first kappa shape index (κ1) is 15.6. The number of piperidine rings is 1. The predicted molar refractivity (Wildman–Crippen MR) is 87.6 cm³/mol. The molecular weight excluding hydrogens is 264 g/mol. The van der Waals surface area contributed by atoms with Crippen LogP contribution in [-0.2, 0) is 0 Å². The second-order valence-corrected chi connectivity index (χ2v) is 5.79. The normalized spacial score (nSPS) is 17.2. The van der Waals surface area contributed by atoms with Gasteiger partial charge in [-0.2, -0.15) is 0 Å². The van der Waals surface area contributed by atoms with E-state index in [0.29, 0.717) is 17.3 Å². The summed E-state index contributed by atoms with van der Waals surface area (Å²) in [5, 5.41) is 6.04. The lowest BCUT2D eigenvalue weighted by Crippen LogP contribution is -2.38. The van der Waals surface area contributed by atoms with Crippen molar-refractivity contribution in [3.63, 3.8) is 0 Å². The van der Waals surface area contributed by atoms with E-state index in [0.717, 1.165) is 12.2 Å². The van der Waals surface area contributed by atoms with E-state index in [9.17, 15) is 4.79 Å². The molecule has 1 atom stereocenters. The van der Waals surface area contributed by atoms with Crippen molar-refractivity contribution in [3.8, 4) is 0 Å². The maximum Gasteiger partial charge on any atom is 0.251 e. The van der Waals surface area contributed by atoms with Crippen LogP contribution in [0.3, 0.4) is 0 Å². The molecule has 0 saturated carbocycles. The Bertz CT molecular complexity index is 483. The Labute approximate surface area is 126 Å². The van der Waals surface area contributed by atoms with E-state index in [2.05, 4.69) is 22.5 Å². The van der Waals surface area contributed by atoms with Crippen LogP contribution in [0.15, 0.2) is 18.2 Å². The molecule has 0 spiro atoms. The van der Waals surface area contributed by atoms with Gasteiger partial charge in [-0.15, -0.1) is 0 Å². The summed E-state index contributed by atoms with van der Waals surface area (Å²) in [6.45, 7) is 5.57. The van der Waals surface area contributed by atoms with Crippen molar-refractivity contribution in [1.82, 2.24) is 10.2 Å².